The first-order valence-corrected chi connectivity index (χ1v) is 13.7. The molecular formula is C24H17I2O9S-. The van der Waals surface area contributed by atoms with Crippen LogP contribution < -0.4 is 4.74 Å². The highest BCUT2D eigenvalue weighted by Crippen LogP contribution is 2.29. The molecule has 0 spiro atoms. The average molecular weight is 735 g/mol. The molecule has 3 aromatic carbocycles. The van der Waals surface area contributed by atoms with Gasteiger partial charge in [-0.05, 0) is 81.6 Å². The van der Waals surface area contributed by atoms with Crippen LogP contribution in [0.2, 0.25) is 0 Å². The van der Waals surface area contributed by atoms with Crippen molar-refractivity contribution in [3.05, 3.63) is 91.1 Å². The third kappa shape index (κ3) is 7.72. The first kappa shape index (κ1) is 28.0. The molecule has 36 heavy (non-hydrogen) atoms. The van der Waals surface area contributed by atoms with Gasteiger partial charge in [0.1, 0.15) is 35.0 Å². The van der Waals surface area contributed by atoms with Crippen LogP contribution in [0.3, 0.4) is 0 Å². The van der Waals surface area contributed by atoms with E-state index in [0.29, 0.717) is 0 Å². The van der Waals surface area contributed by atoms with Crippen molar-refractivity contribution in [3.8, 4) is 5.75 Å². The first-order valence-electron chi connectivity index (χ1n) is 10.2. The summed E-state index contributed by atoms with van der Waals surface area (Å²) in [4.78, 5) is 37.2. The number of halogens is 2. The predicted molar refractivity (Wildman–Crippen MR) is 142 cm³/mol. The second-order valence-corrected chi connectivity index (χ2v) is 10.9. The third-order valence-electron chi connectivity index (χ3n) is 4.62. The smallest absolute Gasteiger partial charge is 0.338 e. The highest BCUT2D eigenvalue weighted by molar-refractivity contribution is 14.1. The molecule has 188 valence electrons. The minimum Gasteiger partial charge on any atom is -0.744 e. The van der Waals surface area contributed by atoms with Crippen molar-refractivity contribution < 1.29 is 41.6 Å². The fourth-order valence-corrected chi connectivity index (χ4v) is 6.81. The number of ether oxygens (including phenoxy) is 3. The van der Waals surface area contributed by atoms with Crippen LogP contribution in [0.4, 0.5) is 0 Å². The fraction of sp³-hybridized carbons (Fsp3) is 0.125. The second-order valence-electron chi connectivity index (χ2n) is 7.22. The molecule has 0 atom stereocenters. The van der Waals surface area contributed by atoms with Gasteiger partial charge in [-0.1, -0.05) is 36.4 Å². The number of hydrogen-bond donors (Lipinski definition) is 0. The van der Waals surface area contributed by atoms with E-state index >= 15 is 0 Å². The van der Waals surface area contributed by atoms with Gasteiger partial charge in [0.05, 0.1) is 16.0 Å². The van der Waals surface area contributed by atoms with E-state index in [4.69, 9.17) is 14.2 Å². The van der Waals surface area contributed by atoms with E-state index in [-0.39, 0.29) is 24.0 Å². The van der Waals surface area contributed by atoms with Gasteiger partial charge >= 0.3 is 17.9 Å². The molecule has 0 radical (unpaired) electrons. The van der Waals surface area contributed by atoms with E-state index in [1.165, 1.54) is 12.1 Å². The van der Waals surface area contributed by atoms with Crippen LogP contribution in [0, 0.1) is 13.1 Å². The van der Waals surface area contributed by atoms with Gasteiger partial charge in [-0.3, -0.25) is 4.79 Å². The number of esters is 3. The maximum absolute atomic E-state index is 12.9. The topological polar surface area (TPSA) is 136 Å². The van der Waals surface area contributed by atoms with Crippen LogP contribution in [-0.4, -0.2) is 44.1 Å². The van der Waals surface area contributed by atoms with Crippen LogP contribution >= 0.6 is 45.2 Å². The number of carbonyl (C=O) groups is 3. The Morgan fingerprint density at radius 1 is 0.778 bits per heavy atom. The Morgan fingerprint density at radius 2 is 1.19 bits per heavy atom. The Hall–Kier alpha value is -2.56. The van der Waals surface area contributed by atoms with Gasteiger partial charge in [0.25, 0.3) is 0 Å². The largest absolute Gasteiger partial charge is 0.744 e. The quantitative estimate of drug-likeness (QED) is 0.138. The molecule has 0 aliphatic heterocycles. The number of benzene rings is 3. The Bertz CT molecular complexity index is 1280. The summed E-state index contributed by atoms with van der Waals surface area (Å²) in [6.45, 7) is -0.897. The van der Waals surface area contributed by atoms with Crippen LogP contribution in [0.1, 0.15) is 20.7 Å². The lowest BCUT2D eigenvalue weighted by Gasteiger charge is -2.18. The van der Waals surface area contributed by atoms with E-state index in [0.717, 1.165) is 0 Å². The SMILES string of the molecule is O=C(OCC(COC(=O)c1ccccc1)C(=O)Oc1cc(I)c(S(=O)(=O)[O-])c(I)c1)c1ccccc1. The van der Waals surface area contributed by atoms with Crippen molar-refractivity contribution in [2.45, 2.75) is 4.90 Å². The molecule has 12 heteroatoms. The highest BCUT2D eigenvalue weighted by atomic mass is 127. The van der Waals surface area contributed by atoms with Gasteiger partial charge < -0.3 is 18.8 Å². The zero-order valence-corrected chi connectivity index (χ0v) is 23.4. The molecule has 3 aromatic rings. The van der Waals surface area contributed by atoms with Crippen molar-refractivity contribution in [2.24, 2.45) is 5.92 Å². The van der Waals surface area contributed by atoms with Gasteiger partial charge in [-0.2, -0.15) is 0 Å². The summed E-state index contributed by atoms with van der Waals surface area (Å²) in [6, 6.07) is 18.7. The summed E-state index contributed by atoms with van der Waals surface area (Å²) >= 11 is 3.30. The molecular weight excluding hydrogens is 718 g/mol. The van der Waals surface area contributed by atoms with Crippen LogP contribution in [-0.2, 0) is 24.4 Å². The molecule has 0 fully saturated rings. The van der Waals surface area contributed by atoms with Crippen LogP contribution in [0.25, 0.3) is 0 Å². The summed E-state index contributed by atoms with van der Waals surface area (Å²) in [7, 11) is -4.74. The standard InChI is InChI=1S/C24H18I2O9S/c25-19-11-18(12-20(26)21(19)36(30,31)32)35-24(29)17(13-33-22(27)15-7-3-1-4-8-15)14-34-23(28)16-9-5-2-6-10-16/h1-12,17H,13-14H2,(H,30,31,32)/p-1. The Labute approximate surface area is 234 Å². The second kappa shape index (κ2) is 12.6. The molecule has 0 aliphatic rings. The van der Waals surface area contributed by atoms with Crippen molar-refractivity contribution in [1.29, 1.82) is 0 Å². The Balaban J connectivity index is 1.76. The maximum Gasteiger partial charge on any atom is 0.338 e. The van der Waals surface area contributed by atoms with Gasteiger partial charge in [-0.25, -0.2) is 18.0 Å². The highest BCUT2D eigenvalue weighted by Gasteiger charge is 2.26. The van der Waals surface area contributed by atoms with Crippen LogP contribution in [0.15, 0.2) is 77.7 Å². The summed E-state index contributed by atoms with van der Waals surface area (Å²) in [6.07, 6.45) is 0. The van der Waals surface area contributed by atoms with Gasteiger partial charge in [0, 0.05) is 7.14 Å². The molecule has 0 N–H and O–H groups in total. The van der Waals surface area contributed by atoms with E-state index in [1.807, 2.05) is 0 Å². The van der Waals surface area contributed by atoms with E-state index in [9.17, 15) is 27.4 Å². The zero-order valence-electron chi connectivity index (χ0n) is 18.3. The maximum atomic E-state index is 12.9. The molecule has 9 nitrogen and oxygen atoms in total. The molecule has 0 saturated carbocycles. The molecule has 0 amide bonds. The number of hydrogen-bond acceptors (Lipinski definition) is 9. The van der Waals surface area contributed by atoms with Crippen molar-refractivity contribution in [2.75, 3.05) is 13.2 Å². The van der Waals surface area contributed by atoms with Gasteiger partial charge in [0.2, 0.25) is 0 Å². The molecule has 0 aliphatic carbocycles. The Kier molecular flexibility index (Phi) is 9.81. The van der Waals surface area contributed by atoms with Crippen molar-refractivity contribution in [3.63, 3.8) is 0 Å². The lowest BCUT2D eigenvalue weighted by atomic mass is 10.1. The summed E-state index contributed by atoms with van der Waals surface area (Å²) in [5.41, 5.74) is 0.536. The van der Waals surface area contributed by atoms with Gasteiger partial charge in [0.15, 0.2) is 0 Å². The minimum absolute atomic E-state index is 0.0324. The monoisotopic (exact) mass is 735 g/mol. The Morgan fingerprint density at radius 3 is 1.58 bits per heavy atom. The minimum atomic E-state index is -4.74. The third-order valence-corrected chi connectivity index (χ3v) is 8.00. The van der Waals surface area contributed by atoms with Gasteiger partial charge in [-0.15, -0.1) is 0 Å². The van der Waals surface area contributed by atoms with Crippen molar-refractivity contribution in [1.82, 2.24) is 0 Å². The molecule has 0 unspecified atom stereocenters. The van der Waals surface area contributed by atoms with E-state index < -0.39 is 52.1 Å². The summed E-state index contributed by atoms with van der Waals surface area (Å²) in [5.74, 6) is -3.48. The molecule has 0 heterocycles. The number of carbonyl (C=O) groups excluding carboxylic acids is 3. The molecule has 3 rings (SSSR count). The zero-order chi connectivity index (χ0) is 26.3. The van der Waals surface area contributed by atoms with Crippen molar-refractivity contribution >= 4 is 73.2 Å². The average Bonchev–Trinajstić information content (AvgIpc) is 2.83. The lowest BCUT2D eigenvalue weighted by Crippen LogP contribution is -2.31. The fourth-order valence-electron chi connectivity index (χ4n) is 2.89. The first-order chi connectivity index (χ1) is 17.1. The predicted octanol–water partition coefficient (Wildman–Crippen LogP) is 4.04. The number of rotatable bonds is 9. The summed E-state index contributed by atoms with van der Waals surface area (Å²) in [5, 5.41) is 0. The summed E-state index contributed by atoms with van der Waals surface area (Å²) < 4.78 is 50.4. The molecule has 0 bridgehead atoms. The van der Waals surface area contributed by atoms with Crippen LogP contribution in [0.5, 0.6) is 5.75 Å². The lowest BCUT2D eigenvalue weighted by molar-refractivity contribution is -0.141. The molecule has 0 saturated heterocycles. The van der Waals surface area contributed by atoms with E-state index in [2.05, 4.69) is 0 Å². The molecule has 0 aromatic heterocycles. The van der Waals surface area contributed by atoms with E-state index in [1.54, 1.807) is 106 Å². The normalized spacial score (nSPS) is 11.1.